The van der Waals surface area contributed by atoms with E-state index in [1.54, 1.807) is 0 Å². The van der Waals surface area contributed by atoms with Gasteiger partial charge in [-0.25, -0.2) is 4.98 Å². The Balaban J connectivity index is 1.34. The molecule has 0 spiro atoms. The third kappa shape index (κ3) is 4.01. The van der Waals surface area contributed by atoms with Gasteiger partial charge in [-0.1, -0.05) is 78.9 Å². The van der Waals surface area contributed by atoms with Crippen LogP contribution in [0.5, 0.6) is 0 Å². The maximum absolute atomic E-state index is 13.2. The monoisotopic (exact) mass is 488 g/mol. The molecule has 3 aromatic heterocycles. The third-order valence-corrected chi connectivity index (χ3v) is 7.51. The number of aromatic nitrogens is 2. The number of nitrogens with one attached hydrogen (secondary N) is 2. The number of nitrogens with zero attached hydrogens (tertiary/aromatic N) is 1. The number of nitrogens with two attached hydrogens (primary N) is 1. The van der Waals surface area contributed by atoms with Crippen molar-refractivity contribution in [2.45, 2.75) is 6.42 Å². The summed E-state index contributed by atoms with van der Waals surface area (Å²) in [5, 5.41) is 5.06. The third-order valence-electron chi connectivity index (χ3n) is 6.41. The average molecular weight is 489 g/mol. The fourth-order valence-electron chi connectivity index (χ4n) is 4.62. The SMILES string of the molecule is Nc1c(C(=O)NCCc2c[nH]c3ccccc23)sc2nc(-c3ccccc3)cc(-c3ccccc3)c12. The van der Waals surface area contributed by atoms with Gasteiger partial charge in [-0.05, 0) is 35.2 Å². The molecule has 3 heterocycles. The van der Waals surface area contributed by atoms with Gasteiger partial charge in [0.15, 0.2) is 0 Å². The van der Waals surface area contributed by atoms with Gasteiger partial charge in [0.1, 0.15) is 9.71 Å². The minimum atomic E-state index is -0.171. The van der Waals surface area contributed by atoms with Crippen molar-refractivity contribution >= 4 is 44.1 Å². The van der Waals surface area contributed by atoms with Crippen LogP contribution in [0.3, 0.4) is 0 Å². The number of hydrogen-bond acceptors (Lipinski definition) is 4. The maximum atomic E-state index is 13.2. The normalized spacial score (nSPS) is 11.2. The first-order chi connectivity index (χ1) is 17.7. The number of rotatable bonds is 6. The summed E-state index contributed by atoms with van der Waals surface area (Å²) in [6.45, 7) is 0.516. The molecule has 1 amide bonds. The molecule has 0 aliphatic rings. The minimum Gasteiger partial charge on any atom is -0.397 e. The molecule has 0 radical (unpaired) electrons. The highest BCUT2D eigenvalue weighted by Gasteiger charge is 2.21. The predicted octanol–water partition coefficient (Wildman–Crippen LogP) is 6.67. The summed E-state index contributed by atoms with van der Waals surface area (Å²) < 4.78 is 0. The van der Waals surface area contributed by atoms with Gasteiger partial charge in [0.2, 0.25) is 0 Å². The van der Waals surface area contributed by atoms with Crippen LogP contribution in [-0.4, -0.2) is 22.4 Å². The highest BCUT2D eigenvalue weighted by atomic mass is 32.1. The maximum Gasteiger partial charge on any atom is 0.263 e. The second kappa shape index (κ2) is 9.32. The Kier molecular flexibility index (Phi) is 5.71. The van der Waals surface area contributed by atoms with Crippen LogP contribution < -0.4 is 11.1 Å². The number of aromatic amines is 1. The summed E-state index contributed by atoms with van der Waals surface area (Å²) in [7, 11) is 0. The van der Waals surface area contributed by atoms with Crippen molar-refractivity contribution in [1.82, 2.24) is 15.3 Å². The molecule has 0 bridgehead atoms. The molecule has 4 N–H and O–H groups in total. The quantitative estimate of drug-likeness (QED) is 0.245. The molecule has 6 rings (SSSR count). The van der Waals surface area contributed by atoms with Crippen LogP contribution in [0.2, 0.25) is 0 Å². The lowest BCUT2D eigenvalue weighted by molar-refractivity contribution is 0.0959. The zero-order chi connectivity index (χ0) is 24.5. The molecule has 0 aliphatic carbocycles. The van der Waals surface area contributed by atoms with Crippen molar-refractivity contribution in [3.8, 4) is 22.4 Å². The standard InChI is InChI=1S/C30H24N4OS/c31-27-26-23(19-9-3-1-4-10-19)17-25(20-11-5-2-6-12-20)34-30(26)36-28(27)29(35)32-16-15-21-18-33-24-14-8-7-13-22(21)24/h1-14,17-18,33H,15-16,31H2,(H,32,35). The molecule has 6 aromatic rings. The van der Waals surface area contributed by atoms with Crippen LogP contribution in [-0.2, 0) is 6.42 Å². The lowest BCUT2D eigenvalue weighted by Crippen LogP contribution is -2.25. The zero-order valence-corrected chi connectivity index (χ0v) is 20.3. The second-order valence-electron chi connectivity index (χ2n) is 8.68. The summed E-state index contributed by atoms with van der Waals surface area (Å²) in [5.41, 5.74) is 13.3. The molecule has 0 unspecified atom stereocenters. The lowest BCUT2D eigenvalue weighted by Gasteiger charge is -2.09. The van der Waals surface area contributed by atoms with Crippen molar-refractivity contribution in [3.05, 3.63) is 108 Å². The number of amides is 1. The topological polar surface area (TPSA) is 83.8 Å². The van der Waals surface area contributed by atoms with E-state index >= 15 is 0 Å². The highest BCUT2D eigenvalue weighted by molar-refractivity contribution is 7.21. The molecule has 3 aromatic carbocycles. The van der Waals surface area contributed by atoms with Crippen molar-refractivity contribution < 1.29 is 4.79 Å². The Hall–Kier alpha value is -4.42. The van der Waals surface area contributed by atoms with E-state index in [4.69, 9.17) is 10.7 Å². The summed E-state index contributed by atoms with van der Waals surface area (Å²) >= 11 is 1.35. The Morgan fingerprint density at radius 2 is 1.61 bits per heavy atom. The van der Waals surface area contributed by atoms with Gasteiger partial charge in [0.05, 0.1) is 11.4 Å². The molecule has 36 heavy (non-hydrogen) atoms. The number of thiophene rings is 1. The van der Waals surface area contributed by atoms with Gasteiger partial charge in [0, 0.05) is 34.6 Å². The summed E-state index contributed by atoms with van der Waals surface area (Å²) in [6, 6.07) is 30.4. The smallest absolute Gasteiger partial charge is 0.263 e. The van der Waals surface area contributed by atoms with Crippen LogP contribution in [0.1, 0.15) is 15.2 Å². The number of anilines is 1. The van der Waals surface area contributed by atoms with Crippen molar-refractivity contribution in [1.29, 1.82) is 0 Å². The largest absolute Gasteiger partial charge is 0.397 e. The molecule has 6 heteroatoms. The van der Waals surface area contributed by atoms with Crippen molar-refractivity contribution in [2.75, 3.05) is 12.3 Å². The molecular formula is C30H24N4OS. The Bertz CT molecular complexity index is 1690. The van der Waals surface area contributed by atoms with Crippen LogP contribution in [0.15, 0.2) is 97.2 Å². The highest BCUT2D eigenvalue weighted by Crippen LogP contribution is 2.41. The number of carbonyl (C=O) groups is 1. The van der Waals surface area contributed by atoms with Gasteiger partial charge in [-0.3, -0.25) is 4.79 Å². The minimum absolute atomic E-state index is 0.171. The number of hydrogen-bond donors (Lipinski definition) is 3. The van der Waals surface area contributed by atoms with Gasteiger partial charge in [0.25, 0.3) is 5.91 Å². The van der Waals surface area contributed by atoms with E-state index in [0.717, 1.165) is 44.5 Å². The first kappa shape index (κ1) is 22.1. The van der Waals surface area contributed by atoms with Crippen molar-refractivity contribution in [2.24, 2.45) is 0 Å². The van der Waals surface area contributed by atoms with E-state index in [9.17, 15) is 4.79 Å². The molecular weight excluding hydrogens is 464 g/mol. The van der Waals surface area contributed by atoms with E-state index < -0.39 is 0 Å². The molecule has 0 saturated heterocycles. The molecule has 176 valence electrons. The van der Waals surface area contributed by atoms with E-state index in [1.807, 2.05) is 66.9 Å². The van der Waals surface area contributed by atoms with Crippen molar-refractivity contribution in [3.63, 3.8) is 0 Å². The molecule has 0 fully saturated rings. The van der Waals surface area contributed by atoms with Gasteiger partial charge >= 0.3 is 0 Å². The number of fused-ring (bicyclic) bond motifs is 2. The van der Waals surface area contributed by atoms with Crippen LogP contribution in [0.25, 0.3) is 43.5 Å². The summed E-state index contributed by atoms with van der Waals surface area (Å²) in [4.78, 5) is 22.7. The molecule has 0 aliphatic heterocycles. The first-order valence-corrected chi connectivity index (χ1v) is 12.7. The predicted molar refractivity (Wildman–Crippen MR) is 149 cm³/mol. The van der Waals surface area contributed by atoms with E-state index in [-0.39, 0.29) is 5.91 Å². The van der Waals surface area contributed by atoms with E-state index in [0.29, 0.717) is 17.1 Å². The fraction of sp³-hybridized carbons (Fsp3) is 0.0667. The second-order valence-corrected chi connectivity index (χ2v) is 9.68. The van der Waals surface area contributed by atoms with E-state index in [2.05, 4.69) is 40.6 Å². The number of H-pyrrole nitrogens is 1. The lowest BCUT2D eigenvalue weighted by atomic mass is 9.99. The number of nitrogen functional groups attached to an aromatic ring is 1. The Labute approximate surface area is 212 Å². The Morgan fingerprint density at radius 1 is 0.917 bits per heavy atom. The fourth-order valence-corrected chi connectivity index (χ4v) is 5.66. The van der Waals surface area contributed by atoms with E-state index in [1.165, 1.54) is 22.3 Å². The van der Waals surface area contributed by atoms with Crippen LogP contribution >= 0.6 is 11.3 Å². The Morgan fingerprint density at radius 3 is 2.39 bits per heavy atom. The number of carbonyl (C=O) groups excluding carboxylic acids is 1. The number of para-hydroxylation sites is 1. The summed E-state index contributed by atoms with van der Waals surface area (Å²) in [5.74, 6) is -0.171. The van der Waals surface area contributed by atoms with Gasteiger partial charge < -0.3 is 16.0 Å². The molecule has 0 saturated carbocycles. The van der Waals surface area contributed by atoms with Gasteiger partial charge in [-0.15, -0.1) is 11.3 Å². The first-order valence-electron chi connectivity index (χ1n) is 11.9. The summed E-state index contributed by atoms with van der Waals surface area (Å²) in [6.07, 6.45) is 2.73. The van der Waals surface area contributed by atoms with Crippen LogP contribution in [0, 0.1) is 0 Å². The number of pyridine rings is 1. The molecule has 0 atom stereocenters. The average Bonchev–Trinajstić information content (AvgIpc) is 3.50. The molecule has 5 nitrogen and oxygen atoms in total. The van der Waals surface area contributed by atoms with Crippen LogP contribution in [0.4, 0.5) is 5.69 Å². The van der Waals surface area contributed by atoms with Gasteiger partial charge in [-0.2, -0.15) is 0 Å². The number of benzene rings is 3. The zero-order valence-electron chi connectivity index (χ0n) is 19.5.